The number of benzene rings is 2. The predicted octanol–water partition coefficient (Wildman–Crippen LogP) is 3.31. The average Bonchev–Trinajstić information content (AvgIpc) is 2.42. The van der Waals surface area contributed by atoms with Crippen molar-refractivity contribution in [3.8, 4) is 11.5 Å². The first-order chi connectivity index (χ1) is 9.55. The van der Waals surface area contributed by atoms with Crippen molar-refractivity contribution in [2.75, 3.05) is 25.3 Å². The zero-order valence-corrected chi connectivity index (χ0v) is 11.0. The van der Waals surface area contributed by atoms with Gasteiger partial charge in [-0.1, -0.05) is 0 Å². The van der Waals surface area contributed by atoms with E-state index < -0.39 is 11.6 Å². The number of hydrogen-bond donors (Lipinski definition) is 2. The molecular weight excluding hydrogens is 266 g/mol. The van der Waals surface area contributed by atoms with Crippen molar-refractivity contribution in [3.05, 3.63) is 42.0 Å². The number of nitrogen functional groups attached to an aromatic ring is 1. The number of nitrogens with two attached hydrogens (primary N) is 1. The molecule has 2 aromatic carbocycles. The molecule has 0 saturated carbocycles. The lowest BCUT2D eigenvalue weighted by Gasteiger charge is -2.14. The molecule has 0 aliphatic heterocycles. The SMILES string of the molecule is COc1ccc(Nc2c(F)cc(N)cc2F)c(OC)c1. The number of anilines is 3. The van der Waals surface area contributed by atoms with Crippen LogP contribution in [-0.4, -0.2) is 14.2 Å². The Bertz CT molecular complexity index is 610. The number of rotatable bonds is 4. The molecule has 20 heavy (non-hydrogen) atoms. The molecule has 3 N–H and O–H groups in total. The summed E-state index contributed by atoms with van der Waals surface area (Å²) in [6, 6.07) is 6.95. The lowest BCUT2D eigenvalue weighted by atomic mass is 10.2. The number of hydrogen-bond acceptors (Lipinski definition) is 4. The van der Waals surface area contributed by atoms with Crippen molar-refractivity contribution in [2.45, 2.75) is 0 Å². The van der Waals surface area contributed by atoms with Gasteiger partial charge in [-0.15, -0.1) is 0 Å². The zero-order valence-electron chi connectivity index (χ0n) is 11.0. The van der Waals surface area contributed by atoms with Crippen LogP contribution in [0.5, 0.6) is 11.5 Å². The van der Waals surface area contributed by atoms with Crippen LogP contribution in [0.4, 0.5) is 25.8 Å². The Morgan fingerprint density at radius 3 is 2.20 bits per heavy atom. The maximum atomic E-state index is 13.7. The Morgan fingerprint density at radius 2 is 1.65 bits per heavy atom. The molecule has 4 nitrogen and oxygen atoms in total. The molecule has 0 bridgehead atoms. The highest BCUT2D eigenvalue weighted by molar-refractivity contribution is 5.69. The van der Waals surface area contributed by atoms with Gasteiger partial charge in [-0.2, -0.15) is 0 Å². The van der Waals surface area contributed by atoms with Gasteiger partial charge in [0.05, 0.1) is 19.9 Å². The molecule has 0 aliphatic carbocycles. The summed E-state index contributed by atoms with van der Waals surface area (Å²) in [5, 5.41) is 2.65. The molecule has 0 spiro atoms. The van der Waals surface area contributed by atoms with Crippen LogP contribution in [0, 0.1) is 11.6 Å². The van der Waals surface area contributed by atoms with Gasteiger partial charge in [0, 0.05) is 11.8 Å². The smallest absolute Gasteiger partial charge is 0.151 e. The molecule has 0 aliphatic rings. The highest BCUT2D eigenvalue weighted by Crippen LogP contribution is 2.33. The number of nitrogens with one attached hydrogen (secondary N) is 1. The second-order valence-electron chi connectivity index (χ2n) is 4.05. The van der Waals surface area contributed by atoms with Crippen LogP contribution in [0.25, 0.3) is 0 Å². The van der Waals surface area contributed by atoms with Crippen molar-refractivity contribution in [3.63, 3.8) is 0 Å². The van der Waals surface area contributed by atoms with E-state index in [0.29, 0.717) is 17.2 Å². The minimum atomic E-state index is -0.777. The first kappa shape index (κ1) is 13.9. The molecule has 0 aromatic heterocycles. The van der Waals surface area contributed by atoms with Crippen LogP contribution in [0.15, 0.2) is 30.3 Å². The topological polar surface area (TPSA) is 56.5 Å². The fourth-order valence-corrected chi connectivity index (χ4v) is 1.75. The van der Waals surface area contributed by atoms with Crippen LogP contribution in [0.2, 0.25) is 0 Å². The quantitative estimate of drug-likeness (QED) is 0.844. The van der Waals surface area contributed by atoms with Gasteiger partial charge >= 0.3 is 0 Å². The van der Waals surface area contributed by atoms with E-state index in [1.54, 1.807) is 18.2 Å². The fraction of sp³-hybridized carbons (Fsp3) is 0.143. The van der Waals surface area contributed by atoms with E-state index in [1.807, 2.05) is 0 Å². The highest BCUT2D eigenvalue weighted by atomic mass is 19.1. The molecule has 6 heteroatoms. The fourth-order valence-electron chi connectivity index (χ4n) is 1.75. The maximum absolute atomic E-state index is 13.7. The van der Waals surface area contributed by atoms with Gasteiger partial charge in [-0.05, 0) is 24.3 Å². The Morgan fingerprint density at radius 1 is 1.00 bits per heavy atom. The number of ether oxygens (including phenoxy) is 2. The molecule has 0 fully saturated rings. The van der Waals surface area contributed by atoms with Gasteiger partial charge in [0.1, 0.15) is 17.2 Å². The summed E-state index contributed by atoms with van der Waals surface area (Å²) in [6.45, 7) is 0. The Balaban J connectivity index is 2.40. The second kappa shape index (κ2) is 5.64. The third kappa shape index (κ3) is 2.74. The minimum Gasteiger partial charge on any atom is -0.497 e. The van der Waals surface area contributed by atoms with E-state index >= 15 is 0 Å². The van der Waals surface area contributed by atoms with E-state index in [0.717, 1.165) is 12.1 Å². The molecule has 0 heterocycles. The largest absolute Gasteiger partial charge is 0.497 e. The first-order valence-electron chi connectivity index (χ1n) is 5.78. The molecule has 0 atom stereocenters. The van der Waals surface area contributed by atoms with Gasteiger partial charge in [-0.3, -0.25) is 0 Å². The van der Waals surface area contributed by atoms with Crippen LogP contribution < -0.4 is 20.5 Å². The standard InChI is InChI=1S/C14H14F2N2O2/c1-19-9-3-4-12(13(7-9)20-2)18-14-10(15)5-8(17)6-11(14)16/h3-7,18H,17H2,1-2H3. The summed E-state index contributed by atoms with van der Waals surface area (Å²) >= 11 is 0. The Labute approximate surface area is 115 Å². The van der Waals surface area contributed by atoms with Crippen molar-refractivity contribution in [2.24, 2.45) is 0 Å². The van der Waals surface area contributed by atoms with E-state index in [1.165, 1.54) is 14.2 Å². The predicted molar refractivity (Wildman–Crippen MR) is 73.6 cm³/mol. The summed E-state index contributed by atoms with van der Waals surface area (Å²) in [6.07, 6.45) is 0. The summed E-state index contributed by atoms with van der Waals surface area (Å²) in [4.78, 5) is 0. The lowest BCUT2D eigenvalue weighted by Crippen LogP contribution is -2.01. The summed E-state index contributed by atoms with van der Waals surface area (Å²) in [5.41, 5.74) is 5.51. The maximum Gasteiger partial charge on any atom is 0.151 e. The van der Waals surface area contributed by atoms with Crippen LogP contribution in [0.3, 0.4) is 0 Å². The van der Waals surface area contributed by atoms with Gasteiger partial charge < -0.3 is 20.5 Å². The van der Waals surface area contributed by atoms with Crippen molar-refractivity contribution < 1.29 is 18.3 Å². The minimum absolute atomic E-state index is 0.0206. The highest BCUT2D eigenvalue weighted by Gasteiger charge is 2.13. The summed E-state index contributed by atoms with van der Waals surface area (Å²) in [7, 11) is 2.97. The van der Waals surface area contributed by atoms with E-state index in [9.17, 15) is 8.78 Å². The van der Waals surface area contributed by atoms with Crippen molar-refractivity contribution in [1.29, 1.82) is 0 Å². The Kier molecular flexibility index (Phi) is 3.93. The molecular formula is C14H14F2N2O2. The average molecular weight is 280 g/mol. The third-order valence-electron chi connectivity index (χ3n) is 2.73. The lowest BCUT2D eigenvalue weighted by molar-refractivity contribution is 0.395. The van der Waals surface area contributed by atoms with Gasteiger partial charge in [0.15, 0.2) is 11.6 Å². The van der Waals surface area contributed by atoms with E-state index in [4.69, 9.17) is 15.2 Å². The van der Waals surface area contributed by atoms with Gasteiger partial charge in [0.2, 0.25) is 0 Å². The molecule has 2 aromatic rings. The second-order valence-corrected chi connectivity index (χ2v) is 4.05. The Hall–Kier alpha value is -2.50. The molecule has 106 valence electrons. The van der Waals surface area contributed by atoms with Crippen LogP contribution in [-0.2, 0) is 0 Å². The molecule has 0 saturated heterocycles. The zero-order chi connectivity index (χ0) is 14.7. The van der Waals surface area contributed by atoms with Crippen LogP contribution >= 0.6 is 0 Å². The molecule has 2 rings (SSSR count). The monoisotopic (exact) mass is 280 g/mol. The van der Waals surface area contributed by atoms with Crippen LogP contribution in [0.1, 0.15) is 0 Å². The van der Waals surface area contributed by atoms with Crippen molar-refractivity contribution in [1.82, 2.24) is 0 Å². The normalized spacial score (nSPS) is 10.2. The van der Waals surface area contributed by atoms with E-state index in [2.05, 4.69) is 5.32 Å². The third-order valence-corrected chi connectivity index (χ3v) is 2.73. The van der Waals surface area contributed by atoms with Gasteiger partial charge in [-0.25, -0.2) is 8.78 Å². The number of halogens is 2. The number of methoxy groups -OCH3 is 2. The summed E-state index contributed by atoms with van der Waals surface area (Å²) in [5.74, 6) is -0.577. The summed E-state index contributed by atoms with van der Waals surface area (Å²) < 4.78 is 37.7. The van der Waals surface area contributed by atoms with E-state index in [-0.39, 0.29) is 11.4 Å². The first-order valence-corrected chi connectivity index (χ1v) is 5.78. The van der Waals surface area contributed by atoms with Gasteiger partial charge in [0.25, 0.3) is 0 Å². The molecule has 0 radical (unpaired) electrons. The van der Waals surface area contributed by atoms with Crippen molar-refractivity contribution >= 4 is 17.1 Å². The molecule has 0 unspecified atom stereocenters. The molecule has 0 amide bonds.